The monoisotopic (exact) mass is 302 g/mol. The van der Waals surface area contributed by atoms with Gasteiger partial charge in [-0.3, -0.25) is 0 Å². The van der Waals surface area contributed by atoms with E-state index >= 15 is 0 Å². The first-order valence-corrected chi connectivity index (χ1v) is 6.22. The lowest BCUT2D eigenvalue weighted by Crippen LogP contribution is -1.99. The molecule has 2 aromatic rings. The van der Waals surface area contributed by atoms with Crippen molar-refractivity contribution in [2.24, 2.45) is 0 Å². The van der Waals surface area contributed by atoms with Crippen molar-refractivity contribution in [1.82, 2.24) is 0 Å². The maximum atomic E-state index is 11.3. The van der Waals surface area contributed by atoms with E-state index in [4.69, 9.17) is 0 Å². The first kappa shape index (κ1) is 12.6. The van der Waals surface area contributed by atoms with Crippen molar-refractivity contribution in [3.05, 3.63) is 70.2 Å². The Bertz CT molecular complexity index is 588. The third-order valence-corrected chi connectivity index (χ3v) is 2.97. The molecule has 0 aromatic heterocycles. The van der Waals surface area contributed by atoms with Gasteiger partial charge in [-0.05, 0) is 29.3 Å². The minimum Gasteiger partial charge on any atom is -0.478 e. The SMILES string of the molecule is O=C(O)/C(=C\c1cccc(Br)c1)c1ccccc1. The predicted octanol–water partition coefficient (Wildman–Crippen LogP) is 4.07. The van der Waals surface area contributed by atoms with Gasteiger partial charge in [0, 0.05) is 4.47 Å². The number of carbonyl (C=O) groups is 1. The van der Waals surface area contributed by atoms with E-state index < -0.39 is 5.97 Å². The van der Waals surface area contributed by atoms with Crippen molar-refractivity contribution < 1.29 is 9.90 Å². The zero-order valence-corrected chi connectivity index (χ0v) is 11.1. The van der Waals surface area contributed by atoms with E-state index in [0.29, 0.717) is 5.56 Å². The lowest BCUT2D eigenvalue weighted by molar-refractivity contribution is -0.130. The molecule has 18 heavy (non-hydrogen) atoms. The van der Waals surface area contributed by atoms with Gasteiger partial charge in [-0.25, -0.2) is 4.79 Å². The van der Waals surface area contributed by atoms with E-state index in [-0.39, 0.29) is 5.57 Å². The molecule has 0 unspecified atom stereocenters. The normalized spacial score (nSPS) is 11.3. The fourth-order valence-electron chi connectivity index (χ4n) is 1.65. The third kappa shape index (κ3) is 3.08. The van der Waals surface area contributed by atoms with Crippen molar-refractivity contribution in [3.8, 4) is 0 Å². The van der Waals surface area contributed by atoms with Crippen LogP contribution >= 0.6 is 15.9 Å². The highest BCUT2D eigenvalue weighted by atomic mass is 79.9. The summed E-state index contributed by atoms with van der Waals surface area (Å²) in [6, 6.07) is 16.6. The zero-order valence-electron chi connectivity index (χ0n) is 9.51. The minimum atomic E-state index is -0.929. The summed E-state index contributed by atoms with van der Waals surface area (Å²) in [4.78, 5) is 11.3. The first-order valence-electron chi connectivity index (χ1n) is 5.43. The lowest BCUT2D eigenvalue weighted by Gasteiger charge is -2.03. The van der Waals surface area contributed by atoms with Gasteiger partial charge in [-0.15, -0.1) is 0 Å². The Morgan fingerprint density at radius 2 is 1.78 bits per heavy atom. The molecule has 1 N–H and O–H groups in total. The molecule has 0 atom stereocenters. The van der Waals surface area contributed by atoms with E-state index in [1.807, 2.05) is 42.5 Å². The quantitative estimate of drug-likeness (QED) is 0.685. The molecule has 0 bridgehead atoms. The van der Waals surface area contributed by atoms with Gasteiger partial charge < -0.3 is 5.11 Å². The molecular weight excluding hydrogens is 292 g/mol. The van der Waals surface area contributed by atoms with E-state index in [1.165, 1.54) is 0 Å². The average Bonchev–Trinajstić information content (AvgIpc) is 2.37. The summed E-state index contributed by atoms with van der Waals surface area (Å²) in [7, 11) is 0. The number of carboxylic acids is 1. The second kappa shape index (κ2) is 5.65. The van der Waals surface area contributed by atoms with Crippen molar-refractivity contribution in [1.29, 1.82) is 0 Å². The topological polar surface area (TPSA) is 37.3 Å². The number of rotatable bonds is 3. The van der Waals surface area contributed by atoms with Crippen LogP contribution in [0.4, 0.5) is 0 Å². The van der Waals surface area contributed by atoms with Crippen LogP contribution in [0.2, 0.25) is 0 Å². The van der Waals surface area contributed by atoms with Gasteiger partial charge in [0.2, 0.25) is 0 Å². The summed E-state index contributed by atoms with van der Waals surface area (Å²) in [6.07, 6.45) is 1.67. The Hall–Kier alpha value is -1.87. The molecule has 0 aliphatic heterocycles. The molecule has 0 radical (unpaired) electrons. The summed E-state index contributed by atoms with van der Waals surface area (Å²) in [5.41, 5.74) is 1.84. The smallest absolute Gasteiger partial charge is 0.336 e. The molecule has 2 nitrogen and oxygen atoms in total. The van der Waals surface area contributed by atoms with Crippen LogP contribution in [-0.4, -0.2) is 11.1 Å². The minimum absolute atomic E-state index is 0.286. The maximum Gasteiger partial charge on any atom is 0.336 e. The fraction of sp³-hybridized carbons (Fsp3) is 0. The molecule has 0 saturated heterocycles. The molecule has 0 aliphatic carbocycles. The van der Waals surface area contributed by atoms with Gasteiger partial charge in [-0.1, -0.05) is 58.4 Å². The molecule has 0 aliphatic rings. The predicted molar refractivity (Wildman–Crippen MR) is 76.1 cm³/mol. The highest BCUT2D eigenvalue weighted by molar-refractivity contribution is 9.10. The number of benzene rings is 2. The van der Waals surface area contributed by atoms with Crippen molar-refractivity contribution in [2.45, 2.75) is 0 Å². The van der Waals surface area contributed by atoms with Crippen LogP contribution < -0.4 is 0 Å². The van der Waals surface area contributed by atoms with Crippen molar-refractivity contribution in [3.63, 3.8) is 0 Å². The maximum absolute atomic E-state index is 11.3. The van der Waals surface area contributed by atoms with Gasteiger partial charge in [0.1, 0.15) is 0 Å². The Balaban J connectivity index is 2.46. The lowest BCUT2D eigenvalue weighted by atomic mass is 10.0. The molecule has 0 spiro atoms. The van der Waals surface area contributed by atoms with E-state index in [0.717, 1.165) is 10.0 Å². The number of carboxylic acid groups (broad SMARTS) is 1. The van der Waals surface area contributed by atoms with Crippen LogP contribution in [0, 0.1) is 0 Å². The molecule has 3 heteroatoms. The summed E-state index contributed by atoms with van der Waals surface area (Å²) >= 11 is 3.37. The fourth-order valence-corrected chi connectivity index (χ4v) is 2.07. The van der Waals surface area contributed by atoms with Crippen LogP contribution in [0.5, 0.6) is 0 Å². The highest BCUT2D eigenvalue weighted by Gasteiger charge is 2.09. The molecular formula is C15H11BrO2. The molecule has 0 amide bonds. The molecule has 0 heterocycles. The van der Waals surface area contributed by atoms with Crippen LogP contribution in [0.1, 0.15) is 11.1 Å². The Morgan fingerprint density at radius 1 is 1.06 bits per heavy atom. The van der Waals surface area contributed by atoms with Crippen LogP contribution in [0.15, 0.2) is 59.1 Å². The molecule has 0 saturated carbocycles. The second-order valence-electron chi connectivity index (χ2n) is 3.78. The molecule has 0 fully saturated rings. The Labute approximate surface area is 114 Å². The van der Waals surface area contributed by atoms with Crippen molar-refractivity contribution >= 4 is 33.5 Å². The summed E-state index contributed by atoms with van der Waals surface area (Å²) in [5, 5.41) is 9.28. The van der Waals surface area contributed by atoms with Crippen molar-refractivity contribution in [2.75, 3.05) is 0 Å². The van der Waals surface area contributed by atoms with Crippen LogP contribution in [-0.2, 0) is 4.79 Å². The van der Waals surface area contributed by atoms with Gasteiger partial charge >= 0.3 is 5.97 Å². The van der Waals surface area contributed by atoms with Crippen LogP contribution in [0.25, 0.3) is 11.6 Å². The highest BCUT2D eigenvalue weighted by Crippen LogP contribution is 2.20. The molecule has 90 valence electrons. The Kier molecular flexibility index (Phi) is 3.95. The van der Waals surface area contributed by atoms with Gasteiger partial charge in [0.25, 0.3) is 0 Å². The van der Waals surface area contributed by atoms with Crippen LogP contribution in [0.3, 0.4) is 0 Å². The summed E-state index contributed by atoms with van der Waals surface area (Å²) in [5.74, 6) is -0.929. The van der Waals surface area contributed by atoms with E-state index in [1.54, 1.807) is 18.2 Å². The number of hydrogen-bond donors (Lipinski definition) is 1. The first-order chi connectivity index (χ1) is 8.66. The van der Waals surface area contributed by atoms with E-state index in [2.05, 4.69) is 15.9 Å². The van der Waals surface area contributed by atoms with Gasteiger partial charge in [-0.2, -0.15) is 0 Å². The largest absolute Gasteiger partial charge is 0.478 e. The Morgan fingerprint density at radius 3 is 2.39 bits per heavy atom. The van der Waals surface area contributed by atoms with Gasteiger partial charge in [0.05, 0.1) is 5.57 Å². The number of aliphatic carboxylic acids is 1. The molecule has 2 aromatic carbocycles. The summed E-state index contributed by atoms with van der Waals surface area (Å²) < 4.78 is 0.925. The zero-order chi connectivity index (χ0) is 13.0. The number of halogens is 1. The summed E-state index contributed by atoms with van der Waals surface area (Å²) in [6.45, 7) is 0. The number of hydrogen-bond acceptors (Lipinski definition) is 1. The average molecular weight is 303 g/mol. The second-order valence-corrected chi connectivity index (χ2v) is 4.70. The van der Waals surface area contributed by atoms with Gasteiger partial charge in [0.15, 0.2) is 0 Å². The van der Waals surface area contributed by atoms with E-state index in [9.17, 15) is 9.90 Å². The third-order valence-electron chi connectivity index (χ3n) is 2.47. The molecule has 2 rings (SSSR count). The standard InChI is InChI=1S/C15H11BrO2/c16-13-8-4-5-11(9-13)10-14(15(17)18)12-6-2-1-3-7-12/h1-10H,(H,17,18)/b14-10-.